The first kappa shape index (κ1) is 21.3. The van der Waals surface area contributed by atoms with Crippen molar-refractivity contribution < 1.29 is 24.4 Å². The summed E-state index contributed by atoms with van der Waals surface area (Å²) in [6.45, 7) is 2.16. The van der Waals surface area contributed by atoms with Gasteiger partial charge < -0.3 is 9.84 Å². The molecule has 2 aromatic rings. The van der Waals surface area contributed by atoms with Gasteiger partial charge in [-0.1, -0.05) is 24.4 Å². The van der Waals surface area contributed by atoms with E-state index in [0.29, 0.717) is 22.8 Å². The Hall–Kier alpha value is -3.44. The monoisotopic (exact) mass is 445 g/mol. The molecule has 0 spiro atoms. The Morgan fingerprint density at radius 2 is 2.13 bits per heavy atom. The number of nitro groups is 1. The van der Waals surface area contributed by atoms with Gasteiger partial charge in [-0.3, -0.25) is 25.1 Å². The van der Waals surface area contributed by atoms with E-state index in [1.165, 1.54) is 24.3 Å². The first-order valence-corrected chi connectivity index (χ1v) is 9.82. The Bertz CT molecular complexity index is 1090. The number of nitrogens with one attached hydrogen (secondary N) is 1. The highest BCUT2D eigenvalue weighted by molar-refractivity contribution is 8.19. The van der Waals surface area contributed by atoms with Crippen LogP contribution in [0.2, 0.25) is 0 Å². The van der Waals surface area contributed by atoms with Gasteiger partial charge in [0, 0.05) is 17.7 Å². The van der Waals surface area contributed by atoms with Crippen LogP contribution in [0.1, 0.15) is 22.8 Å². The number of hydrazine groups is 1. The number of carbonyl (C=O) groups is 2. The number of ether oxygens (including phenoxy) is 1. The molecule has 0 atom stereocenters. The molecule has 1 heterocycles. The second kappa shape index (κ2) is 8.93. The van der Waals surface area contributed by atoms with E-state index in [4.69, 9.17) is 17.0 Å². The molecule has 2 N–H and O–H groups in total. The van der Waals surface area contributed by atoms with E-state index in [1.54, 1.807) is 25.1 Å². The largest absolute Gasteiger partial charge is 0.504 e. The molecule has 0 bridgehead atoms. The molecule has 0 aromatic heterocycles. The maximum atomic E-state index is 12.4. The molecule has 3 rings (SSSR count). The number of phenols is 1. The molecule has 9 nitrogen and oxygen atoms in total. The number of thiocarbonyl (C=S) groups is 1. The molecule has 30 heavy (non-hydrogen) atoms. The van der Waals surface area contributed by atoms with Crippen molar-refractivity contribution in [2.75, 3.05) is 6.61 Å². The molecule has 154 valence electrons. The maximum absolute atomic E-state index is 12.4. The van der Waals surface area contributed by atoms with Gasteiger partial charge in [0.2, 0.25) is 0 Å². The molecule has 2 amide bonds. The molecule has 0 aliphatic carbocycles. The molecule has 1 aliphatic heterocycles. The number of carbonyl (C=O) groups excluding carboxylic acids is 2. The van der Waals surface area contributed by atoms with Gasteiger partial charge in [-0.2, -0.15) is 5.01 Å². The Labute approximate surface area is 180 Å². The van der Waals surface area contributed by atoms with Gasteiger partial charge in [0.05, 0.1) is 16.4 Å². The molecule has 11 heteroatoms. The van der Waals surface area contributed by atoms with Gasteiger partial charge in [-0.15, -0.1) is 0 Å². The smallest absolute Gasteiger partial charge is 0.310 e. The Morgan fingerprint density at radius 3 is 2.83 bits per heavy atom. The van der Waals surface area contributed by atoms with Crippen LogP contribution in [0.4, 0.5) is 10.5 Å². The summed E-state index contributed by atoms with van der Waals surface area (Å²) in [5.41, 5.74) is 2.78. The van der Waals surface area contributed by atoms with E-state index >= 15 is 0 Å². The Balaban J connectivity index is 1.79. The number of aromatic hydroxyl groups is 1. The van der Waals surface area contributed by atoms with Crippen LogP contribution < -0.4 is 10.2 Å². The summed E-state index contributed by atoms with van der Waals surface area (Å²) in [7, 11) is 0. The average Bonchev–Trinajstić information content (AvgIpc) is 2.98. The summed E-state index contributed by atoms with van der Waals surface area (Å²) in [5, 5.41) is 21.1. The lowest BCUT2D eigenvalue weighted by molar-refractivity contribution is -0.384. The van der Waals surface area contributed by atoms with Crippen LogP contribution >= 0.6 is 24.0 Å². The van der Waals surface area contributed by atoms with Gasteiger partial charge in [0.15, 0.2) is 11.5 Å². The highest BCUT2D eigenvalue weighted by Crippen LogP contribution is 2.34. The van der Waals surface area contributed by atoms with Crippen molar-refractivity contribution in [3.63, 3.8) is 0 Å². The molecule has 1 fully saturated rings. The molecule has 1 aliphatic rings. The van der Waals surface area contributed by atoms with Gasteiger partial charge in [-0.05, 0) is 48.5 Å². The van der Waals surface area contributed by atoms with Crippen LogP contribution in [0.5, 0.6) is 11.5 Å². The molecule has 0 radical (unpaired) electrons. The van der Waals surface area contributed by atoms with E-state index in [1.807, 2.05) is 0 Å². The van der Waals surface area contributed by atoms with Crippen molar-refractivity contribution in [3.8, 4) is 11.5 Å². The normalized spacial score (nSPS) is 14.8. The zero-order valence-electron chi connectivity index (χ0n) is 15.5. The van der Waals surface area contributed by atoms with Crippen LogP contribution in [0.25, 0.3) is 6.08 Å². The summed E-state index contributed by atoms with van der Waals surface area (Å²) >= 11 is 6.12. The highest BCUT2D eigenvalue weighted by Gasteiger charge is 2.33. The summed E-state index contributed by atoms with van der Waals surface area (Å²) in [6, 6.07) is 9.82. The van der Waals surface area contributed by atoms with Gasteiger partial charge in [0.25, 0.3) is 11.6 Å². The summed E-state index contributed by atoms with van der Waals surface area (Å²) in [5.74, 6) is -0.426. The third-order valence-electron chi connectivity index (χ3n) is 3.91. The molecule has 0 unspecified atom stereocenters. The summed E-state index contributed by atoms with van der Waals surface area (Å²) < 4.78 is 5.34. The van der Waals surface area contributed by atoms with E-state index in [9.17, 15) is 24.8 Å². The number of phenolic OH excluding ortho intramolecular Hbond substituents is 1. The SMILES string of the molecule is CCOc1cc(/C=C2\SC(=O)N(NC(=O)c3cccc([N+](=O)[O-])c3)C2=S)ccc1O. The third kappa shape index (κ3) is 4.58. The fourth-order valence-electron chi connectivity index (χ4n) is 2.53. The first-order chi connectivity index (χ1) is 14.3. The lowest BCUT2D eigenvalue weighted by Gasteiger charge is -2.15. The fourth-order valence-corrected chi connectivity index (χ4v) is 3.69. The van der Waals surface area contributed by atoms with Crippen molar-refractivity contribution in [1.82, 2.24) is 10.4 Å². The zero-order valence-corrected chi connectivity index (χ0v) is 17.2. The van der Waals surface area contributed by atoms with Gasteiger partial charge >= 0.3 is 5.24 Å². The number of rotatable bonds is 6. The van der Waals surface area contributed by atoms with Crippen molar-refractivity contribution in [2.45, 2.75) is 6.92 Å². The quantitative estimate of drug-likeness (QED) is 0.297. The van der Waals surface area contributed by atoms with Crippen LogP contribution in [-0.4, -0.2) is 37.8 Å². The molecule has 1 saturated heterocycles. The summed E-state index contributed by atoms with van der Waals surface area (Å²) in [6.07, 6.45) is 1.63. The van der Waals surface area contributed by atoms with E-state index in [-0.39, 0.29) is 22.0 Å². The Kier molecular flexibility index (Phi) is 6.33. The maximum Gasteiger partial charge on any atom is 0.310 e. The molecular weight excluding hydrogens is 430 g/mol. The van der Waals surface area contributed by atoms with E-state index < -0.39 is 16.1 Å². The standard InChI is InChI=1S/C19H15N3O6S2/c1-2-28-15-8-11(6-7-14(15)23)9-16-18(29)21(19(25)30-16)20-17(24)12-4-3-5-13(10-12)22(26)27/h3-10,23H,2H2,1H3,(H,20,24)/b16-9-. The number of hydrogen-bond donors (Lipinski definition) is 2. The number of hydrogen-bond acceptors (Lipinski definition) is 8. The minimum absolute atomic E-state index is 0.0115. The zero-order chi connectivity index (χ0) is 21.8. The number of non-ortho nitro benzene ring substituents is 1. The minimum Gasteiger partial charge on any atom is -0.504 e. The Morgan fingerprint density at radius 1 is 1.37 bits per heavy atom. The lowest BCUT2D eigenvalue weighted by Crippen LogP contribution is -2.44. The second-order valence-electron chi connectivity index (χ2n) is 5.93. The van der Waals surface area contributed by atoms with Crippen LogP contribution in [0.15, 0.2) is 47.4 Å². The van der Waals surface area contributed by atoms with Gasteiger partial charge in [0.1, 0.15) is 4.99 Å². The van der Waals surface area contributed by atoms with Crippen molar-refractivity contribution >= 4 is 51.9 Å². The minimum atomic E-state index is -0.709. The highest BCUT2D eigenvalue weighted by atomic mass is 32.2. The van der Waals surface area contributed by atoms with Crippen molar-refractivity contribution in [2.24, 2.45) is 0 Å². The second-order valence-corrected chi connectivity index (χ2v) is 7.31. The first-order valence-electron chi connectivity index (χ1n) is 8.59. The third-order valence-corrected chi connectivity index (χ3v) is 5.33. The number of amides is 2. The number of benzene rings is 2. The van der Waals surface area contributed by atoms with Crippen LogP contribution in [0.3, 0.4) is 0 Å². The number of nitro benzene ring substituents is 1. The lowest BCUT2D eigenvalue weighted by atomic mass is 10.2. The number of thioether (sulfide) groups is 1. The molecular formula is C19H15N3O6S2. The molecule has 2 aromatic carbocycles. The predicted octanol–water partition coefficient (Wildman–Crippen LogP) is 3.88. The number of nitrogens with zero attached hydrogens (tertiary/aromatic N) is 2. The topological polar surface area (TPSA) is 122 Å². The fraction of sp³-hybridized carbons (Fsp3) is 0.105. The van der Waals surface area contributed by atoms with E-state index in [0.717, 1.165) is 22.8 Å². The van der Waals surface area contributed by atoms with Crippen molar-refractivity contribution in [1.29, 1.82) is 0 Å². The average molecular weight is 445 g/mol. The van der Waals surface area contributed by atoms with Crippen LogP contribution in [0, 0.1) is 10.1 Å². The van der Waals surface area contributed by atoms with Gasteiger partial charge in [-0.25, -0.2) is 0 Å². The van der Waals surface area contributed by atoms with E-state index in [2.05, 4.69) is 5.43 Å². The predicted molar refractivity (Wildman–Crippen MR) is 115 cm³/mol. The van der Waals surface area contributed by atoms with Crippen LogP contribution in [-0.2, 0) is 0 Å². The van der Waals surface area contributed by atoms with Crippen molar-refractivity contribution in [3.05, 3.63) is 68.6 Å². The summed E-state index contributed by atoms with van der Waals surface area (Å²) in [4.78, 5) is 35.5. The molecule has 0 saturated carbocycles.